The first-order chi connectivity index (χ1) is 9.40. The summed E-state index contributed by atoms with van der Waals surface area (Å²) in [6, 6.07) is 3.41. The van der Waals surface area contributed by atoms with Crippen molar-refractivity contribution in [2.24, 2.45) is 7.05 Å². The highest BCUT2D eigenvalue weighted by molar-refractivity contribution is 9.10. The van der Waals surface area contributed by atoms with E-state index in [-0.39, 0.29) is 12.1 Å². The molecule has 8 heteroatoms. The SMILES string of the molecule is Cn1ncc(C(=O)O)c1CNc1c(Cl)cc(Br)cc1Cl. The molecule has 5 nitrogen and oxygen atoms in total. The highest BCUT2D eigenvalue weighted by Crippen LogP contribution is 2.34. The summed E-state index contributed by atoms with van der Waals surface area (Å²) in [4.78, 5) is 11.1. The molecular formula is C12H10BrCl2N3O2. The van der Waals surface area contributed by atoms with Gasteiger partial charge in [-0.15, -0.1) is 0 Å². The van der Waals surface area contributed by atoms with Crippen LogP contribution >= 0.6 is 39.1 Å². The lowest BCUT2D eigenvalue weighted by Crippen LogP contribution is -2.10. The molecule has 0 amide bonds. The van der Waals surface area contributed by atoms with Gasteiger partial charge >= 0.3 is 5.97 Å². The van der Waals surface area contributed by atoms with E-state index in [0.717, 1.165) is 4.47 Å². The van der Waals surface area contributed by atoms with E-state index in [2.05, 4.69) is 26.3 Å². The fourth-order valence-electron chi connectivity index (χ4n) is 1.73. The first-order valence-corrected chi connectivity index (χ1v) is 7.07. The highest BCUT2D eigenvalue weighted by Gasteiger charge is 2.16. The van der Waals surface area contributed by atoms with Crippen molar-refractivity contribution in [1.82, 2.24) is 9.78 Å². The van der Waals surface area contributed by atoms with Crippen molar-refractivity contribution >= 4 is 50.8 Å². The highest BCUT2D eigenvalue weighted by atomic mass is 79.9. The monoisotopic (exact) mass is 377 g/mol. The number of benzene rings is 1. The van der Waals surface area contributed by atoms with Crippen molar-refractivity contribution in [3.8, 4) is 0 Å². The number of carbonyl (C=O) groups is 1. The van der Waals surface area contributed by atoms with Crippen molar-refractivity contribution in [1.29, 1.82) is 0 Å². The van der Waals surface area contributed by atoms with Crippen LogP contribution in [0.4, 0.5) is 5.69 Å². The first-order valence-electron chi connectivity index (χ1n) is 5.52. The lowest BCUT2D eigenvalue weighted by atomic mass is 10.2. The molecule has 20 heavy (non-hydrogen) atoms. The van der Waals surface area contributed by atoms with E-state index in [4.69, 9.17) is 28.3 Å². The van der Waals surface area contributed by atoms with Gasteiger partial charge in [0.15, 0.2) is 0 Å². The summed E-state index contributed by atoms with van der Waals surface area (Å²) in [5.41, 5.74) is 1.23. The lowest BCUT2D eigenvalue weighted by Gasteiger charge is -2.11. The third kappa shape index (κ3) is 3.08. The van der Waals surface area contributed by atoms with Crippen LogP contribution in [0, 0.1) is 0 Å². The van der Waals surface area contributed by atoms with Crippen LogP contribution in [-0.4, -0.2) is 20.9 Å². The van der Waals surface area contributed by atoms with Crippen LogP contribution in [-0.2, 0) is 13.6 Å². The van der Waals surface area contributed by atoms with E-state index < -0.39 is 5.97 Å². The molecule has 0 bridgehead atoms. The van der Waals surface area contributed by atoms with Gasteiger partial charge in [0, 0.05) is 11.5 Å². The van der Waals surface area contributed by atoms with E-state index >= 15 is 0 Å². The van der Waals surface area contributed by atoms with E-state index in [1.54, 1.807) is 19.2 Å². The molecule has 106 valence electrons. The molecule has 2 rings (SSSR count). The number of carboxylic acid groups (broad SMARTS) is 1. The van der Waals surface area contributed by atoms with E-state index in [9.17, 15) is 4.79 Å². The quantitative estimate of drug-likeness (QED) is 0.849. The van der Waals surface area contributed by atoms with Crippen LogP contribution in [0.1, 0.15) is 16.1 Å². The van der Waals surface area contributed by atoms with Crippen LogP contribution < -0.4 is 5.32 Å². The summed E-state index contributed by atoms with van der Waals surface area (Å²) >= 11 is 15.5. The Kier molecular flexibility index (Phi) is 4.57. The van der Waals surface area contributed by atoms with Crippen LogP contribution in [0.5, 0.6) is 0 Å². The number of aromatic nitrogens is 2. The van der Waals surface area contributed by atoms with Gasteiger partial charge in [-0.05, 0) is 12.1 Å². The van der Waals surface area contributed by atoms with Crippen LogP contribution in [0.3, 0.4) is 0 Å². The van der Waals surface area contributed by atoms with Crippen molar-refractivity contribution in [2.45, 2.75) is 6.54 Å². The predicted molar refractivity (Wildman–Crippen MR) is 81.7 cm³/mol. The molecule has 2 N–H and O–H groups in total. The number of halogens is 3. The van der Waals surface area contributed by atoms with E-state index in [1.165, 1.54) is 10.9 Å². The van der Waals surface area contributed by atoms with Crippen LogP contribution in [0.25, 0.3) is 0 Å². The summed E-state index contributed by atoms with van der Waals surface area (Å²) in [5, 5.41) is 16.9. The molecule has 1 aromatic carbocycles. The van der Waals surface area contributed by atoms with Crippen molar-refractivity contribution in [3.05, 3.63) is 44.1 Å². The maximum atomic E-state index is 11.1. The minimum absolute atomic E-state index is 0.143. The molecule has 0 aliphatic rings. The minimum Gasteiger partial charge on any atom is -0.478 e. The summed E-state index contributed by atoms with van der Waals surface area (Å²) in [6.45, 7) is 0.249. The molecule has 0 unspecified atom stereocenters. The van der Waals surface area contributed by atoms with Gasteiger partial charge in [0.1, 0.15) is 5.56 Å². The maximum absolute atomic E-state index is 11.1. The largest absolute Gasteiger partial charge is 0.478 e. The Hall–Kier alpha value is -1.24. The summed E-state index contributed by atoms with van der Waals surface area (Å²) < 4.78 is 2.27. The zero-order valence-electron chi connectivity index (χ0n) is 10.3. The van der Waals surface area contributed by atoms with Gasteiger partial charge < -0.3 is 10.4 Å². The Balaban J connectivity index is 2.26. The fourth-order valence-corrected chi connectivity index (χ4v) is 3.08. The minimum atomic E-state index is -1.03. The summed E-state index contributed by atoms with van der Waals surface area (Å²) in [5.74, 6) is -1.03. The number of aryl methyl sites for hydroxylation is 1. The molecule has 0 spiro atoms. The molecule has 0 radical (unpaired) electrons. The molecule has 2 aromatic rings. The van der Waals surface area contributed by atoms with Gasteiger partial charge in [0.2, 0.25) is 0 Å². The number of hydrogen-bond donors (Lipinski definition) is 2. The second-order valence-electron chi connectivity index (χ2n) is 4.03. The topological polar surface area (TPSA) is 67.2 Å². The van der Waals surface area contributed by atoms with E-state index in [1.807, 2.05) is 0 Å². The number of anilines is 1. The van der Waals surface area contributed by atoms with Crippen LogP contribution in [0.2, 0.25) is 10.0 Å². The van der Waals surface area contributed by atoms with Crippen molar-refractivity contribution in [3.63, 3.8) is 0 Å². The van der Waals surface area contributed by atoms with Crippen LogP contribution in [0.15, 0.2) is 22.8 Å². The number of nitrogens with zero attached hydrogens (tertiary/aromatic N) is 2. The molecule has 0 saturated carbocycles. The fraction of sp³-hybridized carbons (Fsp3) is 0.167. The maximum Gasteiger partial charge on any atom is 0.339 e. The number of nitrogens with one attached hydrogen (secondary N) is 1. The first kappa shape index (κ1) is 15.2. The van der Waals surface area contributed by atoms with Crippen molar-refractivity contribution in [2.75, 3.05) is 5.32 Å². The Morgan fingerprint density at radius 2 is 2.05 bits per heavy atom. The lowest BCUT2D eigenvalue weighted by molar-refractivity contribution is 0.0695. The van der Waals surface area contributed by atoms with Crippen molar-refractivity contribution < 1.29 is 9.90 Å². The molecule has 1 heterocycles. The standard InChI is InChI=1S/C12H10BrCl2N3O2/c1-18-10(7(4-17-18)12(19)20)5-16-11-8(14)2-6(13)3-9(11)15/h2-4,16H,5H2,1H3,(H,19,20). The van der Waals surface area contributed by atoms with Gasteiger partial charge in [0.25, 0.3) is 0 Å². The van der Waals surface area contributed by atoms with Gasteiger partial charge in [-0.25, -0.2) is 4.79 Å². The number of aromatic carboxylic acids is 1. The average molecular weight is 379 g/mol. The Labute approximate surface area is 133 Å². The second kappa shape index (κ2) is 6.03. The smallest absolute Gasteiger partial charge is 0.339 e. The zero-order valence-corrected chi connectivity index (χ0v) is 13.4. The summed E-state index contributed by atoms with van der Waals surface area (Å²) in [6.07, 6.45) is 1.31. The zero-order chi connectivity index (χ0) is 14.9. The van der Waals surface area contributed by atoms with E-state index in [0.29, 0.717) is 21.4 Å². The number of hydrogen-bond acceptors (Lipinski definition) is 3. The molecule has 1 aromatic heterocycles. The van der Waals surface area contributed by atoms with Gasteiger partial charge in [-0.3, -0.25) is 4.68 Å². The molecular weight excluding hydrogens is 369 g/mol. The van der Waals surface area contributed by atoms with Gasteiger partial charge in [-0.2, -0.15) is 5.10 Å². The Bertz CT molecular complexity index is 650. The third-order valence-electron chi connectivity index (χ3n) is 2.73. The Morgan fingerprint density at radius 3 is 2.60 bits per heavy atom. The molecule has 0 aliphatic heterocycles. The Morgan fingerprint density at radius 1 is 1.45 bits per heavy atom. The van der Waals surface area contributed by atoms with Gasteiger partial charge in [-0.1, -0.05) is 39.1 Å². The normalized spacial score (nSPS) is 10.6. The third-order valence-corrected chi connectivity index (χ3v) is 3.79. The molecule has 0 atom stereocenters. The average Bonchev–Trinajstić information content (AvgIpc) is 2.69. The molecule has 0 saturated heterocycles. The van der Waals surface area contributed by atoms with Gasteiger partial charge in [0.05, 0.1) is 34.2 Å². The summed E-state index contributed by atoms with van der Waals surface area (Å²) in [7, 11) is 1.67. The molecule has 0 fully saturated rings. The predicted octanol–water partition coefficient (Wildman–Crippen LogP) is 3.80. The number of carboxylic acids is 1. The number of rotatable bonds is 4. The molecule has 0 aliphatic carbocycles. The second-order valence-corrected chi connectivity index (χ2v) is 5.76.